The number of hydrogen-bond acceptors (Lipinski definition) is 2. The number of thiophene rings is 1. The Morgan fingerprint density at radius 1 is 0.371 bits per heavy atom. The van der Waals surface area contributed by atoms with Gasteiger partial charge in [0.05, 0.1) is 11.1 Å². The summed E-state index contributed by atoms with van der Waals surface area (Å²) < 4.78 is 1.35. The van der Waals surface area contributed by atoms with Crippen molar-refractivity contribution < 1.29 is 0 Å². The van der Waals surface area contributed by atoms with Crippen molar-refractivity contribution in [3.63, 3.8) is 0 Å². The van der Waals surface area contributed by atoms with E-state index in [-0.39, 0.29) is 5.41 Å². The molecule has 0 radical (unpaired) electrons. The molecule has 2 heteroatoms. The Kier molecular flexibility index (Phi) is 7.51. The molecule has 0 saturated heterocycles. The van der Waals surface area contributed by atoms with Gasteiger partial charge in [0.2, 0.25) is 0 Å². The third-order valence-corrected chi connectivity index (χ3v) is 15.3. The molecular formula is C60H41NS. The summed E-state index contributed by atoms with van der Waals surface area (Å²) in [5.74, 6) is 0. The van der Waals surface area contributed by atoms with E-state index in [0.29, 0.717) is 0 Å². The van der Waals surface area contributed by atoms with E-state index < -0.39 is 5.41 Å². The molecule has 9 aromatic carbocycles. The molecule has 1 unspecified atom stereocenters. The van der Waals surface area contributed by atoms with Crippen molar-refractivity contribution in [3.8, 4) is 54.9 Å². The smallest absolute Gasteiger partial charge is 0.0740 e. The van der Waals surface area contributed by atoms with Crippen LogP contribution in [0.25, 0.3) is 65.0 Å². The highest BCUT2D eigenvalue weighted by Gasteiger charge is 2.53. The standard InChI is InChI=1S/C60H41NS/c1-59(2)50-23-11-6-19-44(50)46-35-33-42(37-53(46)59)61(55-26-14-9-18-43(55)39-16-4-3-5-17-39)41-31-28-38(29-32-41)40-30-34-47-45-20-7-12-24-51(45)60(54(47)36-40)52-25-13-8-21-48(52)58-57(60)49-22-10-15-27-56(49)62-58/h3-37H,1-2H3. The number of para-hydroxylation sites is 1. The third-order valence-electron chi connectivity index (χ3n) is 14.1. The van der Waals surface area contributed by atoms with Gasteiger partial charge in [-0.3, -0.25) is 0 Å². The fourth-order valence-electron chi connectivity index (χ4n) is 11.4. The summed E-state index contributed by atoms with van der Waals surface area (Å²) >= 11 is 1.94. The zero-order chi connectivity index (χ0) is 41.2. The highest BCUT2D eigenvalue weighted by molar-refractivity contribution is 7.22. The molecule has 0 N–H and O–H groups in total. The second-order valence-electron chi connectivity index (χ2n) is 17.6. The van der Waals surface area contributed by atoms with Crippen molar-refractivity contribution in [2.24, 2.45) is 0 Å². The van der Waals surface area contributed by atoms with E-state index in [1.54, 1.807) is 0 Å². The third kappa shape index (κ3) is 4.79. The highest BCUT2D eigenvalue weighted by Crippen LogP contribution is 2.66. The minimum absolute atomic E-state index is 0.114. The molecule has 0 fully saturated rings. The average molecular weight is 808 g/mol. The lowest BCUT2D eigenvalue weighted by molar-refractivity contribution is 0.660. The van der Waals surface area contributed by atoms with E-state index in [1.807, 2.05) is 11.3 Å². The molecule has 0 amide bonds. The first-order valence-electron chi connectivity index (χ1n) is 21.7. The number of hydrogen-bond donors (Lipinski definition) is 0. The molecule has 0 saturated carbocycles. The Balaban J connectivity index is 0.977. The molecule has 1 heterocycles. The molecule has 1 atom stereocenters. The molecule has 292 valence electrons. The van der Waals surface area contributed by atoms with Gasteiger partial charge < -0.3 is 4.90 Å². The number of fused-ring (bicyclic) bond motifs is 15. The van der Waals surface area contributed by atoms with Crippen LogP contribution in [-0.4, -0.2) is 0 Å². The SMILES string of the molecule is CC1(C)c2ccccc2-c2ccc(N(c3ccc(-c4ccc5c(c4)C4(c6ccccc6-5)c5ccccc5-c5sc6ccccc6c54)cc3)c3ccccc3-c3ccccc3)cc21. The zero-order valence-corrected chi connectivity index (χ0v) is 35.4. The van der Waals surface area contributed by atoms with Gasteiger partial charge in [0.15, 0.2) is 0 Å². The van der Waals surface area contributed by atoms with Crippen LogP contribution in [0, 0.1) is 0 Å². The predicted molar refractivity (Wildman–Crippen MR) is 261 cm³/mol. The largest absolute Gasteiger partial charge is 0.310 e. The van der Waals surface area contributed by atoms with Crippen LogP contribution in [-0.2, 0) is 10.8 Å². The topological polar surface area (TPSA) is 3.24 Å². The summed E-state index contributed by atoms with van der Waals surface area (Å²) in [7, 11) is 0. The van der Waals surface area contributed by atoms with Crippen LogP contribution in [0.15, 0.2) is 212 Å². The molecule has 10 aromatic rings. The molecule has 0 aliphatic heterocycles. The molecule has 13 rings (SSSR count). The van der Waals surface area contributed by atoms with Crippen LogP contribution in [0.5, 0.6) is 0 Å². The van der Waals surface area contributed by atoms with E-state index in [2.05, 4.69) is 231 Å². The van der Waals surface area contributed by atoms with Gasteiger partial charge in [-0.2, -0.15) is 0 Å². The maximum Gasteiger partial charge on any atom is 0.0740 e. The molecular weight excluding hydrogens is 767 g/mol. The first-order valence-corrected chi connectivity index (χ1v) is 22.5. The first-order chi connectivity index (χ1) is 30.5. The Morgan fingerprint density at radius 2 is 0.919 bits per heavy atom. The lowest BCUT2D eigenvalue weighted by Crippen LogP contribution is -2.25. The molecule has 1 nitrogen and oxygen atoms in total. The summed E-state index contributed by atoms with van der Waals surface area (Å²) in [6.07, 6.45) is 0. The normalized spacial score (nSPS) is 15.8. The lowest BCUT2D eigenvalue weighted by atomic mass is 9.70. The van der Waals surface area contributed by atoms with Crippen molar-refractivity contribution in [1.82, 2.24) is 0 Å². The van der Waals surface area contributed by atoms with Gasteiger partial charge in [-0.05, 0) is 126 Å². The van der Waals surface area contributed by atoms with Crippen molar-refractivity contribution >= 4 is 38.5 Å². The Bertz CT molecular complexity index is 3440. The summed E-state index contributed by atoms with van der Waals surface area (Å²) in [6.45, 7) is 4.73. The van der Waals surface area contributed by atoms with Gasteiger partial charge in [0, 0.05) is 31.9 Å². The maximum absolute atomic E-state index is 2.51. The summed E-state index contributed by atoms with van der Waals surface area (Å²) in [5.41, 5.74) is 22.7. The Hall–Kier alpha value is -7.26. The molecule has 1 spiro atoms. The minimum Gasteiger partial charge on any atom is -0.310 e. The predicted octanol–water partition coefficient (Wildman–Crippen LogP) is 16.4. The number of rotatable bonds is 5. The number of anilines is 3. The maximum atomic E-state index is 2.51. The van der Waals surface area contributed by atoms with Gasteiger partial charge in [0.25, 0.3) is 0 Å². The summed E-state index contributed by atoms with van der Waals surface area (Å²) in [4.78, 5) is 3.85. The van der Waals surface area contributed by atoms with E-state index in [4.69, 9.17) is 0 Å². The number of benzene rings is 9. The Labute approximate surface area is 366 Å². The molecule has 62 heavy (non-hydrogen) atoms. The van der Waals surface area contributed by atoms with Gasteiger partial charge in [-0.15, -0.1) is 11.3 Å². The van der Waals surface area contributed by atoms with Gasteiger partial charge >= 0.3 is 0 Å². The van der Waals surface area contributed by atoms with E-state index in [9.17, 15) is 0 Å². The fraction of sp³-hybridized carbons (Fsp3) is 0.0667. The van der Waals surface area contributed by atoms with Gasteiger partial charge in [0.1, 0.15) is 0 Å². The van der Waals surface area contributed by atoms with Crippen LogP contribution in [0.4, 0.5) is 17.1 Å². The first kappa shape index (κ1) is 35.5. The van der Waals surface area contributed by atoms with Crippen molar-refractivity contribution in [1.29, 1.82) is 0 Å². The second-order valence-corrected chi connectivity index (χ2v) is 18.6. The van der Waals surface area contributed by atoms with Crippen LogP contribution < -0.4 is 4.90 Å². The fourth-order valence-corrected chi connectivity index (χ4v) is 12.7. The lowest BCUT2D eigenvalue weighted by Gasteiger charge is -2.31. The molecule has 1 aromatic heterocycles. The van der Waals surface area contributed by atoms with Crippen LogP contribution in [0.1, 0.15) is 47.2 Å². The minimum atomic E-state index is -0.396. The second kappa shape index (κ2) is 13.1. The molecule has 3 aliphatic rings. The van der Waals surface area contributed by atoms with E-state index in [0.717, 1.165) is 17.1 Å². The monoisotopic (exact) mass is 807 g/mol. The zero-order valence-electron chi connectivity index (χ0n) is 34.6. The van der Waals surface area contributed by atoms with Crippen molar-refractivity contribution in [3.05, 3.63) is 246 Å². The van der Waals surface area contributed by atoms with Crippen LogP contribution >= 0.6 is 11.3 Å². The van der Waals surface area contributed by atoms with Crippen LogP contribution in [0.3, 0.4) is 0 Å². The van der Waals surface area contributed by atoms with Gasteiger partial charge in [-0.25, -0.2) is 0 Å². The summed E-state index contributed by atoms with van der Waals surface area (Å²) in [5, 5.41) is 1.36. The van der Waals surface area contributed by atoms with Crippen molar-refractivity contribution in [2.75, 3.05) is 4.90 Å². The molecule has 0 bridgehead atoms. The molecule has 3 aliphatic carbocycles. The van der Waals surface area contributed by atoms with Crippen molar-refractivity contribution in [2.45, 2.75) is 24.7 Å². The van der Waals surface area contributed by atoms with E-state index >= 15 is 0 Å². The van der Waals surface area contributed by atoms with Crippen LogP contribution in [0.2, 0.25) is 0 Å². The quantitative estimate of drug-likeness (QED) is 0.167. The Morgan fingerprint density at radius 3 is 1.71 bits per heavy atom. The summed E-state index contributed by atoms with van der Waals surface area (Å²) in [6, 6.07) is 79.4. The van der Waals surface area contributed by atoms with Gasteiger partial charge in [-0.1, -0.05) is 184 Å². The van der Waals surface area contributed by atoms with E-state index in [1.165, 1.54) is 98.4 Å². The highest BCUT2D eigenvalue weighted by atomic mass is 32.1. The number of nitrogens with zero attached hydrogens (tertiary/aromatic N) is 1. The average Bonchev–Trinajstić information content (AvgIpc) is 4.01.